The number of ether oxygens (including phenoxy) is 1. The van der Waals surface area contributed by atoms with Crippen LogP contribution in [0.1, 0.15) is 23.2 Å². The quantitative estimate of drug-likeness (QED) is 0.388. The van der Waals surface area contributed by atoms with E-state index in [2.05, 4.69) is 10.3 Å². The van der Waals surface area contributed by atoms with Crippen molar-refractivity contribution in [2.75, 3.05) is 25.0 Å². The molecule has 1 fully saturated rings. The lowest BCUT2D eigenvalue weighted by molar-refractivity contribution is -0.380. The van der Waals surface area contributed by atoms with Crippen LogP contribution in [0.4, 0.5) is 10.1 Å². The summed E-state index contributed by atoms with van der Waals surface area (Å²) in [5.74, 6) is -1.52. The minimum atomic E-state index is -3.58. The van der Waals surface area contributed by atoms with E-state index < -0.39 is 33.4 Å². The van der Waals surface area contributed by atoms with Crippen molar-refractivity contribution >= 4 is 43.4 Å². The van der Waals surface area contributed by atoms with Gasteiger partial charge in [-0.2, -0.15) is 4.31 Å². The molecule has 1 aliphatic heterocycles. The fourth-order valence-electron chi connectivity index (χ4n) is 2.62. The molecule has 29 heavy (non-hydrogen) atoms. The number of benzene rings is 1. The predicted molar refractivity (Wildman–Crippen MR) is 102 cm³/mol. The molecule has 0 bridgehead atoms. The second-order valence-corrected chi connectivity index (χ2v) is 8.97. The smallest absolute Gasteiger partial charge is 0.345 e. The highest BCUT2D eigenvalue weighted by atomic mass is 32.2. The van der Waals surface area contributed by atoms with Gasteiger partial charge in [0.25, 0.3) is 5.91 Å². The summed E-state index contributed by atoms with van der Waals surface area (Å²) < 4.78 is 31.2. The molecule has 1 amide bonds. The first-order chi connectivity index (χ1) is 13.8. The normalized spacial score (nSPS) is 14.5. The van der Waals surface area contributed by atoms with Crippen LogP contribution in [0.2, 0.25) is 0 Å². The van der Waals surface area contributed by atoms with Crippen LogP contribution in [0.3, 0.4) is 0 Å². The molecule has 154 valence electrons. The van der Waals surface area contributed by atoms with Crippen LogP contribution in [0, 0.1) is 10.1 Å². The highest BCUT2D eigenvalue weighted by molar-refractivity contribution is 7.89. The van der Waals surface area contributed by atoms with E-state index in [0.29, 0.717) is 24.4 Å². The number of nitrogens with zero attached hydrogens (tertiary/aromatic N) is 3. The number of nitro groups is 1. The third kappa shape index (κ3) is 4.93. The Balaban J connectivity index is 1.55. The van der Waals surface area contributed by atoms with Gasteiger partial charge in [0.1, 0.15) is 6.20 Å². The Hall–Kier alpha value is -2.90. The first kappa shape index (κ1) is 20.8. The third-order valence-electron chi connectivity index (χ3n) is 4.05. The van der Waals surface area contributed by atoms with Gasteiger partial charge in [-0.05, 0) is 48.4 Å². The summed E-state index contributed by atoms with van der Waals surface area (Å²) in [7, 11) is -3.58. The standard InChI is InChI=1S/C16H16N4O7S2/c21-13(18-16-17-9-14(28-16)20(23)24)10-27-15(22)11-3-5-12(6-4-11)29(25,26)19-7-1-2-8-19/h3-6,9H,1-2,7-8,10H2,(H,17,18,21). The van der Waals surface area contributed by atoms with Crippen molar-refractivity contribution in [3.63, 3.8) is 0 Å². The zero-order valence-corrected chi connectivity index (χ0v) is 16.6. The lowest BCUT2D eigenvalue weighted by Crippen LogP contribution is -2.27. The van der Waals surface area contributed by atoms with E-state index >= 15 is 0 Å². The van der Waals surface area contributed by atoms with Crippen molar-refractivity contribution in [3.8, 4) is 0 Å². The third-order valence-corrected chi connectivity index (χ3v) is 6.82. The molecule has 0 aliphatic carbocycles. The summed E-state index contributed by atoms with van der Waals surface area (Å²) in [6.45, 7) is 0.326. The monoisotopic (exact) mass is 440 g/mol. The maximum absolute atomic E-state index is 12.5. The zero-order chi connectivity index (χ0) is 21.0. The molecule has 0 saturated carbocycles. The summed E-state index contributed by atoms with van der Waals surface area (Å²) in [6.07, 6.45) is 2.64. The van der Waals surface area contributed by atoms with Gasteiger partial charge in [-0.25, -0.2) is 18.2 Å². The van der Waals surface area contributed by atoms with Gasteiger partial charge in [-0.3, -0.25) is 20.2 Å². The Morgan fingerprint density at radius 2 is 1.90 bits per heavy atom. The average Bonchev–Trinajstić information content (AvgIpc) is 3.38. The Labute approximate surface area is 169 Å². The second kappa shape index (κ2) is 8.63. The maximum atomic E-state index is 12.5. The Bertz CT molecular complexity index is 1030. The summed E-state index contributed by atoms with van der Waals surface area (Å²) in [6, 6.07) is 5.26. The number of amides is 1. The highest BCUT2D eigenvalue weighted by Gasteiger charge is 2.27. The van der Waals surface area contributed by atoms with Gasteiger partial charge in [-0.1, -0.05) is 0 Å². The number of sulfonamides is 1. The van der Waals surface area contributed by atoms with E-state index in [4.69, 9.17) is 4.74 Å². The molecule has 0 radical (unpaired) electrons. The first-order valence-electron chi connectivity index (χ1n) is 8.45. The van der Waals surface area contributed by atoms with Crippen LogP contribution in [0.15, 0.2) is 35.4 Å². The largest absolute Gasteiger partial charge is 0.452 e. The topological polar surface area (TPSA) is 149 Å². The van der Waals surface area contributed by atoms with E-state index in [0.717, 1.165) is 19.0 Å². The fourth-order valence-corrected chi connectivity index (χ4v) is 4.78. The van der Waals surface area contributed by atoms with Crippen molar-refractivity contribution in [3.05, 3.63) is 46.1 Å². The second-order valence-electron chi connectivity index (χ2n) is 6.02. The molecule has 0 atom stereocenters. The summed E-state index contributed by atoms with van der Waals surface area (Å²) >= 11 is 0.671. The van der Waals surface area contributed by atoms with Crippen LogP contribution in [0.5, 0.6) is 0 Å². The Morgan fingerprint density at radius 1 is 1.24 bits per heavy atom. The molecule has 1 aromatic carbocycles. The van der Waals surface area contributed by atoms with Gasteiger partial charge >= 0.3 is 11.0 Å². The molecular weight excluding hydrogens is 424 g/mol. The van der Waals surface area contributed by atoms with E-state index in [9.17, 15) is 28.1 Å². The van der Waals surface area contributed by atoms with Crippen molar-refractivity contribution in [2.45, 2.75) is 17.7 Å². The van der Waals surface area contributed by atoms with Crippen LogP contribution >= 0.6 is 11.3 Å². The maximum Gasteiger partial charge on any atom is 0.345 e. The number of aromatic nitrogens is 1. The lowest BCUT2D eigenvalue weighted by atomic mass is 10.2. The number of carbonyl (C=O) groups excluding carboxylic acids is 2. The van der Waals surface area contributed by atoms with Crippen LogP contribution in [0.25, 0.3) is 0 Å². The van der Waals surface area contributed by atoms with Gasteiger partial charge in [0.05, 0.1) is 15.4 Å². The number of thiazole rings is 1. The van der Waals surface area contributed by atoms with Gasteiger partial charge < -0.3 is 4.74 Å². The molecular formula is C16H16N4O7S2. The number of hydrogen-bond acceptors (Lipinski definition) is 9. The summed E-state index contributed by atoms with van der Waals surface area (Å²) in [5.41, 5.74) is 0.0862. The number of rotatable bonds is 7. The van der Waals surface area contributed by atoms with Gasteiger partial charge in [0.15, 0.2) is 11.7 Å². The molecule has 3 rings (SSSR count). The lowest BCUT2D eigenvalue weighted by Gasteiger charge is -2.15. The van der Waals surface area contributed by atoms with Gasteiger partial charge in [-0.15, -0.1) is 0 Å². The van der Waals surface area contributed by atoms with E-state index in [1.165, 1.54) is 28.6 Å². The molecule has 13 heteroatoms. The molecule has 1 aromatic heterocycles. The molecule has 11 nitrogen and oxygen atoms in total. The molecule has 1 aliphatic rings. The molecule has 0 unspecified atom stereocenters. The van der Waals surface area contributed by atoms with Crippen molar-refractivity contribution in [2.24, 2.45) is 0 Å². The van der Waals surface area contributed by atoms with Crippen molar-refractivity contribution in [1.82, 2.24) is 9.29 Å². The van der Waals surface area contributed by atoms with Crippen molar-refractivity contribution in [1.29, 1.82) is 0 Å². The minimum Gasteiger partial charge on any atom is -0.452 e. The Kier molecular flexibility index (Phi) is 6.20. The number of nitrogens with one attached hydrogen (secondary N) is 1. The van der Waals surface area contributed by atoms with Crippen molar-refractivity contribution < 1.29 is 27.7 Å². The van der Waals surface area contributed by atoms with E-state index in [-0.39, 0.29) is 20.6 Å². The first-order valence-corrected chi connectivity index (χ1v) is 10.7. The van der Waals surface area contributed by atoms with Crippen LogP contribution < -0.4 is 5.32 Å². The van der Waals surface area contributed by atoms with Crippen LogP contribution in [-0.4, -0.2) is 54.2 Å². The van der Waals surface area contributed by atoms with E-state index in [1.807, 2.05) is 0 Å². The number of esters is 1. The molecule has 2 aromatic rings. The predicted octanol–water partition coefficient (Wildman–Crippen LogP) is 1.63. The van der Waals surface area contributed by atoms with Gasteiger partial charge in [0, 0.05) is 13.1 Å². The minimum absolute atomic E-state index is 0.00854. The molecule has 1 saturated heterocycles. The Morgan fingerprint density at radius 3 is 2.48 bits per heavy atom. The highest BCUT2D eigenvalue weighted by Crippen LogP contribution is 2.25. The molecule has 1 N–H and O–H groups in total. The molecule has 2 heterocycles. The van der Waals surface area contributed by atoms with Crippen LogP contribution in [-0.2, 0) is 19.6 Å². The summed E-state index contributed by atoms with van der Waals surface area (Å²) in [5, 5.41) is 12.6. The number of carbonyl (C=O) groups is 2. The number of anilines is 1. The van der Waals surface area contributed by atoms with Gasteiger partial charge in [0.2, 0.25) is 10.0 Å². The summed E-state index contributed by atoms with van der Waals surface area (Å²) in [4.78, 5) is 37.5. The SMILES string of the molecule is O=C(COC(=O)c1ccc(S(=O)(=O)N2CCCC2)cc1)Nc1ncc([N+](=O)[O-])s1. The molecule has 0 spiro atoms. The zero-order valence-electron chi connectivity index (χ0n) is 14.9. The average molecular weight is 440 g/mol. The fraction of sp³-hybridized carbons (Fsp3) is 0.312. The number of hydrogen-bond donors (Lipinski definition) is 1. The van der Waals surface area contributed by atoms with E-state index in [1.54, 1.807) is 0 Å².